The van der Waals surface area contributed by atoms with Gasteiger partial charge in [-0.1, -0.05) is 61.5 Å². The molecule has 0 saturated carbocycles. The van der Waals surface area contributed by atoms with Gasteiger partial charge < -0.3 is 32.7 Å². The zero-order chi connectivity index (χ0) is 40.2. The fourth-order valence-corrected chi connectivity index (χ4v) is 8.70. The van der Waals surface area contributed by atoms with E-state index >= 15 is 0 Å². The Morgan fingerprint density at radius 2 is 1.45 bits per heavy atom. The maximum absolute atomic E-state index is 13.3. The Bertz CT molecular complexity index is 1910. The summed E-state index contributed by atoms with van der Waals surface area (Å²) in [6, 6.07) is 28.8. The second-order valence-corrected chi connectivity index (χ2v) is 15.3. The average Bonchev–Trinajstić information content (AvgIpc) is 3.53. The molecule has 0 radical (unpaired) electrons. The largest absolute Gasteiger partial charge is 0.497 e. The highest BCUT2D eigenvalue weighted by Gasteiger charge is 2.51. The molecule has 13 nitrogen and oxygen atoms in total. The molecule has 4 aromatic rings. The van der Waals surface area contributed by atoms with Crippen LogP contribution in [0.2, 0.25) is 0 Å². The first-order valence-corrected chi connectivity index (χ1v) is 20.0. The van der Waals surface area contributed by atoms with Crippen molar-refractivity contribution < 1.29 is 32.7 Å². The van der Waals surface area contributed by atoms with Gasteiger partial charge in [-0.2, -0.15) is 5.26 Å². The first-order valence-electron chi connectivity index (χ1n) is 18.9. The van der Waals surface area contributed by atoms with Gasteiger partial charge in [0.05, 0.1) is 39.9 Å². The van der Waals surface area contributed by atoms with Crippen LogP contribution in [-0.2, 0) is 28.9 Å². The summed E-state index contributed by atoms with van der Waals surface area (Å²) in [4.78, 5) is 27.9. The van der Waals surface area contributed by atoms with Crippen LogP contribution in [0.1, 0.15) is 70.4 Å². The highest BCUT2D eigenvalue weighted by atomic mass is 31.2. The van der Waals surface area contributed by atoms with Gasteiger partial charge in [0.2, 0.25) is 0 Å². The van der Waals surface area contributed by atoms with E-state index in [9.17, 15) is 14.9 Å². The van der Waals surface area contributed by atoms with E-state index in [4.69, 9.17) is 32.7 Å². The Labute approximate surface area is 330 Å². The first kappa shape index (κ1) is 42.8. The standard InChI is InChI=1S/C42H53N4O9P/c1-8-26-51-39-38(55-56(53-27-12-24-43)46(29(2)3)30(4)5)36(54-40(39)45-25-23-37(47)44-41(45)48)28-52-42(31-13-10-9-11-14-31,32-15-19-34(49-6)20-16-32)33-17-21-35(50-7)22-18-33/h9-11,13-23,25,29-30,36,38-40H,8,12,26-28H2,1-7H3,(H,44,47,48)/t36-,38?,39+,40-,56?/m1/s1. The van der Waals surface area contributed by atoms with Crippen LogP contribution in [0, 0.1) is 11.3 Å². The molecule has 3 aromatic carbocycles. The van der Waals surface area contributed by atoms with Crippen LogP contribution in [0.5, 0.6) is 11.5 Å². The molecule has 1 saturated heterocycles. The van der Waals surface area contributed by atoms with Gasteiger partial charge in [-0.05, 0) is 75.1 Å². The van der Waals surface area contributed by atoms with Crippen molar-refractivity contribution in [3.63, 3.8) is 0 Å². The maximum atomic E-state index is 13.3. The number of aromatic nitrogens is 2. The number of hydrogen-bond donors (Lipinski definition) is 1. The minimum Gasteiger partial charge on any atom is -0.497 e. The van der Waals surface area contributed by atoms with E-state index in [0.29, 0.717) is 24.5 Å². The topological polar surface area (TPSA) is 146 Å². The minimum atomic E-state index is -1.78. The quantitative estimate of drug-likeness (QED) is 0.0566. The van der Waals surface area contributed by atoms with Crippen LogP contribution >= 0.6 is 8.53 Å². The lowest BCUT2D eigenvalue weighted by atomic mass is 9.80. The third-order valence-corrected chi connectivity index (χ3v) is 11.6. The van der Waals surface area contributed by atoms with Gasteiger partial charge in [-0.15, -0.1) is 0 Å². The normalized spacial score (nSPS) is 19.0. The second-order valence-electron chi connectivity index (χ2n) is 13.8. The van der Waals surface area contributed by atoms with E-state index in [0.717, 1.165) is 16.7 Å². The number of nitrogens with one attached hydrogen (secondary N) is 1. The number of H-pyrrole nitrogens is 1. The van der Waals surface area contributed by atoms with Gasteiger partial charge in [-0.3, -0.25) is 14.3 Å². The third-order valence-electron chi connectivity index (χ3n) is 9.44. The Kier molecular flexibility index (Phi) is 15.4. The van der Waals surface area contributed by atoms with E-state index in [1.54, 1.807) is 14.2 Å². The van der Waals surface area contributed by atoms with Crippen LogP contribution in [0.15, 0.2) is 101 Å². The smallest absolute Gasteiger partial charge is 0.330 e. The average molecular weight is 789 g/mol. The molecule has 2 heterocycles. The maximum Gasteiger partial charge on any atom is 0.330 e. The lowest BCUT2D eigenvalue weighted by Crippen LogP contribution is -2.43. The highest BCUT2D eigenvalue weighted by molar-refractivity contribution is 7.44. The number of rotatable bonds is 20. The van der Waals surface area contributed by atoms with Crippen molar-refractivity contribution in [2.45, 2.75) is 89.7 Å². The summed E-state index contributed by atoms with van der Waals surface area (Å²) in [6.45, 7) is 10.7. The molecule has 14 heteroatoms. The fraction of sp³-hybridized carbons (Fsp3) is 0.452. The third kappa shape index (κ3) is 9.76. The van der Waals surface area contributed by atoms with Gasteiger partial charge in [0.15, 0.2) is 6.23 Å². The molecule has 1 aromatic heterocycles. The molecule has 1 aliphatic heterocycles. The minimum absolute atomic E-state index is 0.0173. The van der Waals surface area contributed by atoms with E-state index in [1.807, 2.05) is 85.8 Å². The lowest BCUT2D eigenvalue weighted by molar-refractivity contribution is -0.0976. The van der Waals surface area contributed by atoms with Crippen LogP contribution in [0.4, 0.5) is 0 Å². The van der Waals surface area contributed by atoms with Gasteiger partial charge in [0.1, 0.15) is 35.4 Å². The summed E-state index contributed by atoms with van der Waals surface area (Å²) in [5.74, 6) is 1.38. The fourth-order valence-electron chi connectivity index (χ4n) is 6.93. The summed E-state index contributed by atoms with van der Waals surface area (Å²) in [6.07, 6.45) is -1.23. The number of benzene rings is 3. The first-order chi connectivity index (χ1) is 27.1. The van der Waals surface area contributed by atoms with Crippen LogP contribution in [-0.4, -0.2) is 78.7 Å². The number of hydrogen-bond acceptors (Lipinski definition) is 11. The number of ether oxygens (including phenoxy) is 5. The number of nitriles is 1. The zero-order valence-electron chi connectivity index (χ0n) is 33.1. The number of nitrogens with zero attached hydrogens (tertiary/aromatic N) is 3. The van der Waals surface area contributed by atoms with Crippen LogP contribution in [0.25, 0.3) is 0 Å². The predicted molar refractivity (Wildman–Crippen MR) is 214 cm³/mol. The van der Waals surface area contributed by atoms with E-state index in [-0.39, 0.29) is 31.7 Å². The summed E-state index contributed by atoms with van der Waals surface area (Å²) in [5.41, 5.74) is 0.132. The van der Waals surface area contributed by atoms with Gasteiger partial charge >= 0.3 is 5.69 Å². The van der Waals surface area contributed by atoms with E-state index < -0.39 is 49.9 Å². The number of methoxy groups -OCH3 is 2. The predicted octanol–water partition coefficient (Wildman–Crippen LogP) is 6.92. The molecule has 5 atom stereocenters. The SMILES string of the molecule is CCCO[C@H]1C(OP(OCCC#N)N(C(C)C)C(C)C)[C@@H](COC(c2ccccc2)(c2ccc(OC)cc2)c2ccc(OC)cc2)O[C@H]1n1ccc(=O)[nH]c1=O. The molecule has 1 aliphatic rings. The summed E-state index contributed by atoms with van der Waals surface area (Å²) >= 11 is 0. The van der Waals surface area contributed by atoms with Gasteiger partial charge in [-0.25, -0.2) is 9.46 Å². The molecule has 0 spiro atoms. The van der Waals surface area contributed by atoms with Crippen molar-refractivity contribution in [3.8, 4) is 17.6 Å². The van der Waals surface area contributed by atoms with Crippen molar-refractivity contribution in [2.75, 3.05) is 34.0 Å². The molecular weight excluding hydrogens is 735 g/mol. The second kappa shape index (κ2) is 20.2. The Hall–Kier alpha value is -4.38. The van der Waals surface area contributed by atoms with Crippen molar-refractivity contribution in [1.82, 2.24) is 14.2 Å². The summed E-state index contributed by atoms with van der Waals surface area (Å²) in [7, 11) is 1.46. The molecule has 1 fully saturated rings. The molecular formula is C42H53N4O9P. The summed E-state index contributed by atoms with van der Waals surface area (Å²) < 4.78 is 48.5. The Morgan fingerprint density at radius 1 is 0.857 bits per heavy atom. The van der Waals surface area contributed by atoms with E-state index in [2.05, 4.69) is 43.4 Å². The van der Waals surface area contributed by atoms with Crippen molar-refractivity contribution >= 4 is 8.53 Å². The van der Waals surface area contributed by atoms with Crippen LogP contribution in [0.3, 0.4) is 0 Å². The summed E-state index contributed by atoms with van der Waals surface area (Å²) in [5, 5.41) is 9.39. The Morgan fingerprint density at radius 3 is 1.96 bits per heavy atom. The molecule has 56 heavy (non-hydrogen) atoms. The molecule has 5 rings (SSSR count). The lowest BCUT2D eigenvalue weighted by Gasteiger charge is -2.39. The zero-order valence-corrected chi connectivity index (χ0v) is 34.0. The van der Waals surface area contributed by atoms with Crippen molar-refractivity contribution in [3.05, 3.63) is 129 Å². The molecule has 0 aliphatic carbocycles. The van der Waals surface area contributed by atoms with Gasteiger partial charge in [0, 0.05) is 31.0 Å². The monoisotopic (exact) mass is 788 g/mol. The Balaban J connectivity index is 1.67. The van der Waals surface area contributed by atoms with Crippen molar-refractivity contribution in [1.29, 1.82) is 5.26 Å². The van der Waals surface area contributed by atoms with Crippen molar-refractivity contribution in [2.24, 2.45) is 0 Å². The molecule has 2 unspecified atom stereocenters. The molecule has 1 N–H and O–H groups in total. The number of aromatic amines is 1. The molecule has 300 valence electrons. The van der Waals surface area contributed by atoms with Crippen LogP contribution < -0.4 is 20.7 Å². The molecule has 0 amide bonds. The van der Waals surface area contributed by atoms with Gasteiger partial charge in [0.25, 0.3) is 14.1 Å². The highest BCUT2D eigenvalue weighted by Crippen LogP contribution is 2.51. The van der Waals surface area contributed by atoms with E-state index in [1.165, 1.54) is 16.8 Å². The molecule has 0 bridgehead atoms.